The number of aliphatic carboxylic acids is 1. The Morgan fingerprint density at radius 3 is 2.10 bits per heavy atom. The Hall–Kier alpha value is -4.54. The van der Waals surface area contributed by atoms with E-state index >= 15 is 0 Å². The van der Waals surface area contributed by atoms with Gasteiger partial charge in [0.25, 0.3) is 0 Å². The largest absolute Gasteiger partial charge is 0.481 e. The molecule has 0 aliphatic carbocycles. The molecule has 0 aromatic heterocycles. The summed E-state index contributed by atoms with van der Waals surface area (Å²) in [5, 5.41) is 14.1. The predicted octanol–water partition coefficient (Wildman–Crippen LogP) is 0.955. The van der Waals surface area contributed by atoms with Crippen LogP contribution in [0.5, 0.6) is 0 Å². The summed E-state index contributed by atoms with van der Waals surface area (Å²) < 4.78 is 0. The van der Waals surface area contributed by atoms with E-state index in [0.717, 1.165) is 11.1 Å². The predicted molar refractivity (Wildman–Crippen MR) is 149 cm³/mol. The van der Waals surface area contributed by atoms with Crippen molar-refractivity contribution in [2.24, 2.45) is 0 Å². The van der Waals surface area contributed by atoms with Gasteiger partial charge in [0.05, 0.1) is 12.5 Å². The molecule has 218 valence electrons. The quantitative estimate of drug-likeness (QED) is 0.306. The first kappa shape index (κ1) is 31.0. The fourth-order valence-electron chi connectivity index (χ4n) is 4.64. The monoisotopic (exact) mass is 564 g/mol. The third kappa shape index (κ3) is 9.55. The van der Waals surface area contributed by atoms with Crippen molar-refractivity contribution in [3.8, 4) is 0 Å². The summed E-state index contributed by atoms with van der Waals surface area (Å²) in [6.07, 6.45) is 1.04. The van der Waals surface area contributed by atoms with E-state index in [0.29, 0.717) is 19.1 Å². The van der Waals surface area contributed by atoms with Crippen molar-refractivity contribution in [1.29, 1.82) is 0 Å². The molecule has 2 aromatic rings. The topological polar surface area (TPSA) is 153 Å². The van der Waals surface area contributed by atoms with Crippen molar-refractivity contribution in [2.45, 2.75) is 57.2 Å². The number of hydrogen-bond acceptors (Lipinski definition) is 6. The molecule has 2 aromatic carbocycles. The number of aldehydes is 1. The minimum Gasteiger partial charge on any atom is -0.481 e. The molecule has 1 aliphatic heterocycles. The molecule has 3 atom stereocenters. The van der Waals surface area contributed by atoms with E-state index in [1.54, 1.807) is 0 Å². The van der Waals surface area contributed by atoms with Gasteiger partial charge in [0, 0.05) is 32.5 Å². The number of carbonyl (C=O) groups excluding carboxylic acids is 5. The average Bonchev–Trinajstić information content (AvgIpc) is 3.13. The Balaban J connectivity index is 1.73. The number of rotatable bonds is 13. The van der Waals surface area contributed by atoms with Gasteiger partial charge in [0.1, 0.15) is 18.4 Å². The van der Waals surface area contributed by atoms with Crippen LogP contribution >= 0.6 is 0 Å². The van der Waals surface area contributed by atoms with Crippen LogP contribution in [-0.4, -0.2) is 88.6 Å². The molecule has 2 unspecified atom stereocenters. The van der Waals surface area contributed by atoms with Gasteiger partial charge in [-0.2, -0.15) is 0 Å². The highest BCUT2D eigenvalue weighted by Crippen LogP contribution is 2.14. The second-order valence-electron chi connectivity index (χ2n) is 9.99. The van der Waals surface area contributed by atoms with Crippen LogP contribution in [0.3, 0.4) is 0 Å². The van der Waals surface area contributed by atoms with Crippen LogP contribution in [0, 0.1) is 0 Å². The van der Waals surface area contributed by atoms with Crippen LogP contribution in [0.2, 0.25) is 0 Å². The summed E-state index contributed by atoms with van der Waals surface area (Å²) in [5.41, 5.74) is 1.96. The lowest BCUT2D eigenvalue weighted by molar-refractivity contribution is -0.143. The molecule has 0 radical (unpaired) electrons. The minimum absolute atomic E-state index is 0.0194. The Morgan fingerprint density at radius 1 is 0.951 bits per heavy atom. The van der Waals surface area contributed by atoms with E-state index in [1.807, 2.05) is 60.7 Å². The molecule has 41 heavy (non-hydrogen) atoms. The van der Waals surface area contributed by atoms with Gasteiger partial charge >= 0.3 is 5.97 Å². The van der Waals surface area contributed by atoms with Gasteiger partial charge < -0.3 is 30.3 Å². The van der Waals surface area contributed by atoms with Crippen LogP contribution in [-0.2, 0) is 41.6 Å². The van der Waals surface area contributed by atoms with Crippen LogP contribution in [0.25, 0.3) is 0 Å². The molecule has 3 rings (SSSR count). The number of nitrogens with one attached hydrogen (secondary N) is 2. The zero-order chi connectivity index (χ0) is 29.8. The van der Waals surface area contributed by atoms with Crippen LogP contribution in [0.1, 0.15) is 37.3 Å². The Morgan fingerprint density at radius 2 is 1.54 bits per heavy atom. The van der Waals surface area contributed by atoms with E-state index in [2.05, 4.69) is 10.6 Å². The summed E-state index contributed by atoms with van der Waals surface area (Å²) in [4.78, 5) is 77.6. The van der Waals surface area contributed by atoms with Gasteiger partial charge in [0.15, 0.2) is 0 Å². The first-order chi connectivity index (χ1) is 19.7. The average molecular weight is 565 g/mol. The number of carboxylic acids is 1. The molecule has 1 fully saturated rings. The number of aryl methyl sites for hydroxylation is 2. The lowest BCUT2D eigenvalue weighted by Gasteiger charge is -2.29. The summed E-state index contributed by atoms with van der Waals surface area (Å²) >= 11 is 0. The molecule has 0 saturated carbocycles. The molecule has 3 N–H and O–H groups in total. The van der Waals surface area contributed by atoms with E-state index in [-0.39, 0.29) is 44.3 Å². The molecular weight excluding hydrogens is 528 g/mol. The molecule has 0 spiro atoms. The standard InChI is InChI=1S/C30H36N4O7/c1-21(29(40)31-24(20-35)18-28(38)39)34-17-16-33(27(37)15-13-23-10-6-3-7-11-23)19-25(30(34)41)32-26(36)14-12-22-8-4-2-5-9-22/h2-11,20-21,24-25H,12-19H2,1H3,(H,31,40)(H,32,36)(H,38,39)/t21?,24-,25?/m0/s1. The summed E-state index contributed by atoms with van der Waals surface area (Å²) in [5.74, 6) is -3.07. The maximum Gasteiger partial charge on any atom is 0.305 e. The van der Waals surface area contributed by atoms with E-state index < -0.39 is 42.3 Å². The van der Waals surface area contributed by atoms with Crippen molar-refractivity contribution in [1.82, 2.24) is 20.4 Å². The zero-order valence-electron chi connectivity index (χ0n) is 23.0. The van der Waals surface area contributed by atoms with E-state index in [4.69, 9.17) is 5.11 Å². The lowest BCUT2D eigenvalue weighted by Crippen LogP contribution is -2.56. The molecule has 11 nitrogen and oxygen atoms in total. The van der Waals surface area contributed by atoms with Crippen LogP contribution in [0.4, 0.5) is 0 Å². The molecule has 4 amide bonds. The Labute approximate surface area is 238 Å². The number of carbonyl (C=O) groups is 6. The maximum absolute atomic E-state index is 13.6. The van der Waals surface area contributed by atoms with Gasteiger partial charge in [-0.05, 0) is 30.9 Å². The van der Waals surface area contributed by atoms with Crippen molar-refractivity contribution in [2.75, 3.05) is 19.6 Å². The molecule has 1 aliphatic rings. The van der Waals surface area contributed by atoms with Crippen molar-refractivity contribution < 1.29 is 33.9 Å². The molecular formula is C30H36N4O7. The van der Waals surface area contributed by atoms with Crippen molar-refractivity contribution in [3.05, 3.63) is 71.8 Å². The number of hydrogen-bond donors (Lipinski definition) is 3. The van der Waals surface area contributed by atoms with Gasteiger partial charge in [-0.1, -0.05) is 60.7 Å². The highest BCUT2D eigenvalue weighted by molar-refractivity contribution is 5.94. The molecule has 0 bridgehead atoms. The summed E-state index contributed by atoms with van der Waals surface area (Å²) in [7, 11) is 0. The van der Waals surface area contributed by atoms with Crippen molar-refractivity contribution in [3.63, 3.8) is 0 Å². The fourth-order valence-corrected chi connectivity index (χ4v) is 4.64. The van der Waals surface area contributed by atoms with Crippen molar-refractivity contribution >= 4 is 35.9 Å². The normalized spacial score (nSPS) is 16.7. The van der Waals surface area contributed by atoms with Crippen LogP contribution < -0.4 is 10.6 Å². The van der Waals surface area contributed by atoms with Gasteiger partial charge in [-0.25, -0.2) is 0 Å². The number of nitrogens with zero attached hydrogens (tertiary/aromatic N) is 2. The third-order valence-corrected chi connectivity index (χ3v) is 6.97. The highest BCUT2D eigenvalue weighted by Gasteiger charge is 2.37. The SMILES string of the molecule is CC(C(=O)N[C@H](C=O)CC(=O)O)N1CCN(C(=O)CCc2ccccc2)CC(NC(=O)CCc2ccccc2)C1=O. The number of carboxylic acid groups (broad SMARTS) is 1. The fraction of sp³-hybridized carbons (Fsp3) is 0.400. The highest BCUT2D eigenvalue weighted by atomic mass is 16.4. The van der Waals surface area contributed by atoms with Gasteiger partial charge in [-0.3, -0.25) is 24.0 Å². The second kappa shape index (κ2) is 15.3. The Bertz CT molecular complexity index is 1220. The lowest BCUT2D eigenvalue weighted by atomic mass is 10.1. The first-order valence-corrected chi connectivity index (χ1v) is 13.6. The van der Waals surface area contributed by atoms with E-state index in [9.17, 15) is 28.8 Å². The maximum atomic E-state index is 13.6. The van der Waals surface area contributed by atoms with E-state index in [1.165, 1.54) is 16.7 Å². The van der Waals surface area contributed by atoms with Crippen LogP contribution in [0.15, 0.2) is 60.7 Å². The summed E-state index contributed by atoms with van der Waals surface area (Å²) in [6, 6.07) is 15.5. The second-order valence-corrected chi connectivity index (χ2v) is 9.99. The molecule has 11 heteroatoms. The Kier molecular flexibility index (Phi) is 11.6. The first-order valence-electron chi connectivity index (χ1n) is 13.6. The number of benzene rings is 2. The zero-order valence-corrected chi connectivity index (χ0v) is 23.0. The van der Waals surface area contributed by atoms with Gasteiger partial charge in [-0.15, -0.1) is 0 Å². The molecule has 1 saturated heterocycles. The smallest absolute Gasteiger partial charge is 0.305 e. The minimum atomic E-state index is -1.26. The van der Waals surface area contributed by atoms with Gasteiger partial charge in [0.2, 0.25) is 23.6 Å². The third-order valence-electron chi connectivity index (χ3n) is 6.97. The number of amides is 4. The molecule has 1 heterocycles. The summed E-state index contributed by atoms with van der Waals surface area (Å²) in [6.45, 7) is 1.56.